The highest BCUT2D eigenvalue weighted by molar-refractivity contribution is 7.91. The Labute approximate surface area is 99.5 Å². The average Bonchev–Trinajstić information content (AvgIpc) is 2.15. The minimum absolute atomic E-state index is 0.0431. The number of rotatable bonds is 4. The summed E-state index contributed by atoms with van der Waals surface area (Å²) < 4.78 is 23.7. The lowest BCUT2D eigenvalue weighted by atomic mass is 10.3. The third-order valence-electron chi connectivity index (χ3n) is 2.11. The predicted octanol–water partition coefficient (Wildman–Crippen LogP) is 1.61. The number of anilines is 1. The Balaban J connectivity index is 3.25. The zero-order chi connectivity index (χ0) is 13.2. The normalized spacial score (nSPS) is 11.7. The Hall–Kier alpha value is -1.63. The van der Waals surface area contributed by atoms with Crippen LogP contribution in [0.2, 0.25) is 0 Å². The average molecular weight is 258 g/mol. The lowest BCUT2D eigenvalue weighted by Crippen LogP contribution is -2.12. The smallest absolute Gasteiger partial charge is 0.293 e. The maximum Gasteiger partial charge on any atom is 0.293 e. The van der Waals surface area contributed by atoms with Gasteiger partial charge in [-0.2, -0.15) is 0 Å². The number of nitro benzene ring substituents is 1. The van der Waals surface area contributed by atoms with Gasteiger partial charge in [0.1, 0.15) is 5.69 Å². The van der Waals surface area contributed by atoms with Crippen LogP contribution in [0.25, 0.3) is 0 Å². The van der Waals surface area contributed by atoms with Gasteiger partial charge in [0.15, 0.2) is 9.84 Å². The molecule has 0 aliphatic carbocycles. The molecule has 1 aromatic carbocycles. The summed E-state index contributed by atoms with van der Waals surface area (Å²) in [5.74, 6) is -0.0924. The number of sulfone groups is 1. The molecule has 94 valence electrons. The molecule has 2 N–H and O–H groups in total. The fourth-order valence-electron chi connectivity index (χ4n) is 1.41. The number of nitrogen functional groups attached to an aromatic ring is 1. The van der Waals surface area contributed by atoms with E-state index in [1.165, 1.54) is 12.1 Å². The lowest BCUT2D eigenvalue weighted by molar-refractivity contribution is -0.384. The molecule has 0 heterocycles. The van der Waals surface area contributed by atoms with E-state index in [9.17, 15) is 18.5 Å². The number of hydrogen-bond donors (Lipinski definition) is 1. The molecule has 0 saturated heterocycles. The van der Waals surface area contributed by atoms with Crippen LogP contribution in [0.15, 0.2) is 23.1 Å². The summed E-state index contributed by atoms with van der Waals surface area (Å²) in [5, 5.41) is 10.7. The maximum atomic E-state index is 11.9. The largest absolute Gasteiger partial charge is 0.393 e. The van der Waals surface area contributed by atoms with E-state index < -0.39 is 14.8 Å². The molecule has 7 heteroatoms. The van der Waals surface area contributed by atoms with Crippen molar-refractivity contribution in [3.63, 3.8) is 0 Å². The number of hydrogen-bond acceptors (Lipinski definition) is 5. The Bertz CT molecular complexity index is 537. The number of benzene rings is 1. The molecule has 0 atom stereocenters. The molecule has 0 amide bonds. The van der Waals surface area contributed by atoms with E-state index in [4.69, 9.17) is 5.73 Å². The zero-order valence-corrected chi connectivity index (χ0v) is 10.4. The van der Waals surface area contributed by atoms with Gasteiger partial charge in [0.2, 0.25) is 0 Å². The van der Waals surface area contributed by atoms with Gasteiger partial charge in [0.05, 0.1) is 15.6 Å². The van der Waals surface area contributed by atoms with Crippen molar-refractivity contribution in [2.24, 2.45) is 5.92 Å². The molecule has 0 bridgehead atoms. The Morgan fingerprint density at radius 2 is 2.00 bits per heavy atom. The summed E-state index contributed by atoms with van der Waals surface area (Å²) in [7, 11) is -3.49. The van der Waals surface area contributed by atoms with Crippen LogP contribution in [-0.2, 0) is 9.84 Å². The lowest BCUT2D eigenvalue weighted by Gasteiger charge is -2.07. The van der Waals surface area contributed by atoms with Crippen molar-refractivity contribution < 1.29 is 13.3 Å². The molecule has 0 aliphatic rings. The second-order valence-corrected chi connectivity index (χ2v) is 6.19. The molecule has 1 rings (SSSR count). The van der Waals surface area contributed by atoms with Gasteiger partial charge in [-0.3, -0.25) is 10.1 Å². The summed E-state index contributed by atoms with van der Waals surface area (Å²) in [5.41, 5.74) is 4.98. The second kappa shape index (κ2) is 4.70. The molecule has 17 heavy (non-hydrogen) atoms. The Morgan fingerprint density at radius 1 is 1.41 bits per heavy atom. The summed E-state index contributed by atoms with van der Waals surface area (Å²) >= 11 is 0. The highest BCUT2D eigenvalue weighted by atomic mass is 32.2. The fourth-order valence-corrected chi connectivity index (χ4v) is 3.05. The molecule has 0 unspecified atom stereocenters. The molecule has 0 fully saturated rings. The molecule has 0 aliphatic heterocycles. The van der Waals surface area contributed by atoms with Crippen molar-refractivity contribution in [1.82, 2.24) is 0 Å². The molecule has 0 spiro atoms. The highest BCUT2D eigenvalue weighted by Crippen LogP contribution is 2.25. The molecular formula is C10H14N2O4S. The van der Waals surface area contributed by atoms with Gasteiger partial charge in [0, 0.05) is 6.07 Å². The van der Waals surface area contributed by atoms with Crippen LogP contribution >= 0.6 is 0 Å². The van der Waals surface area contributed by atoms with Crippen molar-refractivity contribution in [2.75, 3.05) is 11.5 Å². The molecule has 1 aromatic rings. The quantitative estimate of drug-likeness (QED) is 0.502. The van der Waals surface area contributed by atoms with Crippen molar-refractivity contribution in [2.45, 2.75) is 18.7 Å². The first kappa shape index (κ1) is 13.4. The first-order valence-electron chi connectivity index (χ1n) is 5.00. The van der Waals surface area contributed by atoms with Crippen LogP contribution in [0.1, 0.15) is 13.8 Å². The van der Waals surface area contributed by atoms with E-state index >= 15 is 0 Å². The summed E-state index contributed by atoms with van der Waals surface area (Å²) in [6, 6.07) is 3.54. The van der Waals surface area contributed by atoms with Crippen LogP contribution in [0.5, 0.6) is 0 Å². The topological polar surface area (TPSA) is 103 Å². The minimum Gasteiger partial charge on any atom is -0.393 e. The van der Waals surface area contributed by atoms with E-state index in [1.54, 1.807) is 13.8 Å². The van der Waals surface area contributed by atoms with Gasteiger partial charge in [0.25, 0.3) is 5.69 Å². The number of nitrogens with zero attached hydrogens (tertiary/aromatic N) is 1. The molecular weight excluding hydrogens is 244 g/mol. The Kier molecular flexibility index (Phi) is 3.72. The zero-order valence-electron chi connectivity index (χ0n) is 9.58. The third kappa shape index (κ3) is 3.16. The minimum atomic E-state index is -3.49. The number of nitro groups is 1. The predicted molar refractivity (Wildman–Crippen MR) is 64.4 cm³/mol. The van der Waals surface area contributed by atoms with Crippen LogP contribution in [-0.4, -0.2) is 19.1 Å². The van der Waals surface area contributed by atoms with Crippen molar-refractivity contribution in [3.05, 3.63) is 28.3 Å². The van der Waals surface area contributed by atoms with Crippen LogP contribution in [0.3, 0.4) is 0 Å². The van der Waals surface area contributed by atoms with Gasteiger partial charge in [-0.05, 0) is 18.1 Å². The molecule has 0 aromatic heterocycles. The van der Waals surface area contributed by atoms with Gasteiger partial charge in [-0.15, -0.1) is 0 Å². The van der Waals surface area contributed by atoms with E-state index in [-0.39, 0.29) is 27.9 Å². The molecule has 0 saturated carbocycles. The van der Waals surface area contributed by atoms with Crippen molar-refractivity contribution in [3.8, 4) is 0 Å². The van der Waals surface area contributed by atoms with Gasteiger partial charge in [-0.25, -0.2) is 8.42 Å². The molecule has 6 nitrogen and oxygen atoms in total. The Morgan fingerprint density at radius 3 is 2.47 bits per heavy atom. The van der Waals surface area contributed by atoms with Crippen molar-refractivity contribution >= 4 is 21.2 Å². The van der Waals surface area contributed by atoms with Gasteiger partial charge >= 0.3 is 0 Å². The van der Waals surface area contributed by atoms with E-state index in [0.29, 0.717) is 0 Å². The third-order valence-corrected chi connectivity index (χ3v) is 4.19. The van der Waals surface area contributed by atoms with E-state index in [1.807, 2.05) is 0 Å². The first-order valence-corrected chi connectivity index (χ1v) is 6.66. The SMILES string of the molecule is CC(C)CS(=O)(=O)c1ccc(N)c([N+](=O)[O-])c1. The van der Waals surface area contributed by atoms with E-state index in [0.717, 1.165) is 6.07 Å². The summed E-state index contributed by atoms with van der Waals surface area (Å²) in [4.78, 5) is 9.90. The van der Waals surface area contributed by atoms with E-state index in [2.05, 4.69) is 0 Å². The fraction of sp³-hybridized carbons (Fsp3) is 0.400. The monoisotopic (exact) mass is 258 g/mol. The highest BCUT2D eigenvalue weighted by Gasteiger charge is 2.21. The second-order valence-electron chi connectivity index (χ2n) is 4.15. The molecule has 0 radical (unpaired) electrons. The number of nitrogens with two attached hydrogens (primary N) is 1. The first-order chi connectivity index (χ1) is 7.74. The summed E-state index contributed by atoms with van der Waals surface area (Å²) in [6.45, 7) is 3.53. The van der Waals surface area contributed by atoms with Gasteiger partial charge in [-0.1, -0.05) is 13.8 Å². The van der Waals surface area contributed by atoms with Crippen LogP contribution in [0.4, 0.5) is 11.4 Å². The standard InChI is InChI=1S/C10H14N2O4S/c1-7(2)6-17(15,16)8-3-4-9(11)10(5-8)12(13)14/h3-5,7H,6,11H2,1-2H3. The van der Waals surface area contributed by atoms with Crippen LogP contribution in [0, 0.1) is 16.0 Å². The maximum absolute atomic E-state index is 11.9. The summed E-state index contributed by atoms with van der Waals surface area (Å²) in [6.07, 6.45) is 0. The van der Waals surface area contributed by atoms with Crippen LogP contribution < -0.4 is 5.73 Å². The van der Waals surface area contributed by atoms with Crippen molar-refractivity contribution in [1.29, 1.82) is 0 Å². The van der Waals surface area contributed by atoms with Gasteiger partial charge < -0.3 is 5.73 Å².